The number of ketones is 1. The summed E-state index contributed by atoms with van der Waals surface area (Å²) in [5, 5.41) is 0. The summed E-state index contributed by atoms with van der Waals surface area (Å²) in [7, 11) is 0. The lowest BCUT2D eigenvalue weighted by Gasteiger charge is -2.25. The van der Waals surface area contributed by atoms with E-state index in [0.717, 1.165) is 49.4 Å². The highest BCUT2D eigenvalue weighted by Crippen LogP contribution is 2.29. The topological polar surface area (TPSA) is 17.1 Å². The maximum atomic E-state index is 12.3. The molecule has 0 fully saturated rings. The number of hydrogen-bond acceptors (Lipinski definition) is 1. The van der Waals surface area contributed by atoms with Gasteiger partial charge in [-0.1, -0.05) is 80.1 Å². The van der Waals surface area contributed by atoms with Crippen molar-refractivity contribution < 1.29 is 4.79 Å². The van der Waals surface area contributed by atoms with Crippen molar-refractivity contribution in [3.8, 4) is 0 Å². The Morgan fingerprint density at radius 1 is 0.545 bits per heavy atom. The van der Waals surface area contributed by atoms with Crippen LogP contribution in [0, 0.1) is 23.7 Å². The highest BCUT2D eigenvalue weighted by Gasteiger charge is 2.20. The fraction of sp³-hybridized carbons (Fsp3) is 0.952. The molecule has 0 spiro atoms. The van der Waals surface area contributed by atoms with Crippen molar-refractivity contribution in [1.29, 1.82) is 0 Å². The summed E-state index contributed by atoms with van der Waals surface area (Å²) in [5.74, 6) is 3.63. The zero-order valence-electron chi connectivity index (χ0n) is 16.3. The van der Waals surface area contributed by atoms with Crippen LogP contribution >= 0.6 is 0 Å². The summed E-state index contributed by atoms with van der Waals surface area (Å²) >= 11 is 0. The van der Waals surface area contributed by atoms with Crippen LogP contribution in [-0.2, 0) is 4.79 Å². The lowest BCUT2D eigenvalue weighted by Crippen LogP contribution is -2.16. The summed E-state index contributed by atoms with van der Waals surface area (Å²) in [4.78, 5) is 12.3. The molecule has 132 valence electrons. The van der Waals surface area contributed by atoms with Crippen molar-refractivity contribution in [2.45, 2.75) is 106 Å². The number of carbonyl (C=O) groups is 1. The van der Waals surface area contributed by atoms with Gasteiger partial charge in [0.15, 0.2) is 0 Å². The van der Waals surface area contributed by atoms with Crippen LogP contribution in [0.3, 0.4) is 0 Å². The Kier molecular flexibility index (Phi) is 12.9. The molecule has 0 saturated heterocycles. The molecule has 0 rings (SSSR count). The first-order valence-corrected chi connectivity index (χ1v) is 10.1. The number of hydrogen-bond donors (Lipinski definition) is 0. The van der Waals surface area contributed by atoms with Crippen molar-refractivity contribution in [3.63, 3.8) is 0 Å². The van der Waals surface area contributed by atoms with Gasteiger partial charge in [-0.15, -0.1) is 0 Å². The maximum Gasteiger partial charge on any atom is 0.132 e. The van der Waals surface area contributed by atoms with E-state index < -0.39 is 0 Å². The van der Waals surface area contributed by atoms with Gasteiger partial charge in [0.1, 0.15) is 5.78 Å². The van der Waals surface area contributed by atoms with Gasteiger partial charge >= 0.3 is 0 Å². The van der Waals surface area contributed by atoms with E-state index in [9.17, 15) is 4.79 Å². The van der Waals surface area contributed by atoms with Gasteiger partial charge in [0.2, 0.25) is 0 Å². The second-order valence-electron chi connectivity index (χ2n) is 7.11. The van der Waals surface area contributed by atoms with E-state index in [2.05, 4.69) is 41.5 Å². The van der Waals surface area contributed by atoms with E-state index >= 15 is 0 Å². The van der Waals surface area contributed by atoms with Gasteiger partial charge < -0.3 is 0 Å². The van der Waals surface area contributed by atoms with Crippen LogP contribution < -0.4 is 0 Å². The molecule has 1 nitrogen and oxygen atoms in total. The Balaban J connectivity index is 4.21. The van der Waals surface area contributed by atoms with E-state index in [-0.39, 0.29) is 0 Å². The third-order valence-corrected chi connectivity index (χ3v) is 6.07. The van der Waals surface area contributed by atoms with Crippen LogP contribution in [0.15, 0.2) is 0 Å². The van der Waals surface area contributed by atoms with Crippen LogP contribution in [-0.4, -0.2) is 5.78 Å². The Morgan fingerprint density at radius 3 is 1.05 bits per heavy atom. The zero-order valence-corrected chi connectivity index (χ0v) is 16.3. The Hall–Kier alpha value is -0.330. The first-order chi connectivity index (χ1) is 10.6. The number of carbonyl (C=O) groups excluding carboxylic acids is 1. The van der Waals surface area contributed by atoms with Crippen LogP contribution in [0.2, 0.25) is 0 Å². The van der Waals surface area contributed by atoms with Gasteiger partial charge in [-0.25, -0.2) is 0 Å². The third kappa shape index (κ3) is 7.79. The van der Waals surface area contributed by atoms with Gasteiger partial charge in [0.05, 0.1) is 0 Å². The summed E-state index contributed by atoms with van der Waals surface area (Å²) in [6, 6.07) is 0. The van der Waals surface area contributed by atoms with Crippen LogP contribution in [0.1, 0.15) is 106 Å². The van der Waals surface area contributed by atoms with Crippen molar-refractivity contribution in [2.24, 2.45) is 23.7 Å². The van der Waals surface area contributed by atoms with Crippen molar-refractivity contribution >= 4 is 5.78 Å². The molecular formula is C21H42O. The van der Waals surface area contributed by atoms with Crippen LogP contribution in [0.5, 0.6) is 0 Å². The molecule has 2 unspecified atom stereocenters. The molecule has 0 saturated carbocycles. The lowest BCUT2D eigenvalue weighted by molar-refractivity contribution is -0.119. The predicted molar refractivity (Wildman–Crippen MR) is 99.2 cm³/mol. The quantitative estimate of drug-likeness (QED) is 0.336. The third-order valence-electron chi connectivity index (χ3n) is 6.07. The molecular weight excluding hydrogens is 268 g/mol. The van der Waals surface area contributed by atoms with Crippen molar-refractivity contribution in [3.05, 3.63) is 0 Å². The zero-order chi connectivity index (χ0) is 17.0. The fourth-order valence-corrected chi connectivity index (χ4v) is 4.27. The second-order valence-corrected chi connectivity index (χ2v) is 7.11. The molecule has 0 aliphatic heterocycles. The van der Waals surface area contributed by atoms with Gasteiger partial charge in [-0.2, -0.15) is 0 Å². The largest absolute Gasteiger partial charge is 0.300 e. The molecule has 0 N–H and O–H groups in total. The minimum absolute atomic E-state index is 0.508. The normalized spacial score (nSPS) is 14.5. The predicted octanol–water partition coefficient (Wildman–Crippen LogP) is 7.04. The summed E-state index contributed by atoms with van der Waals surface area (Å²) < 4.78 is 0. The second kappa shape index (κ2) is 13.1. The Morgan fingerprint density at radius 2 is 0.818 bits per heavy atom. The number of rotatable bonds is 14. The molecule has 0 radical (unpaired) electrons. The molecule has 0 aromatic carbocycles. The minimum atomic E-state index is 0.508. The first-order valence-electron chi connectivity index (χ1n) is 10.1. The van der Waals surface area contributed by atoms with E-state index in [1.54, 1.807) is 0 Å². The first kappa shape index (κ1) is 21.7. The monoisotopic (exact) mass is 310 g/mol. The van der Waals surface area contributed by atoms with E-state index in [0.29, 0.717) is 5.78 Å². The van der Waals surface area contributed by atoms with Crippen molar-refractivity contribution in [2.75, 3.05) is 0 Å². The average Bonchev–Trinajstić information content (AvgIpc) is 2.55. The summed E-state index contributed by atoms with van der Waals surface area (Å²) in [6.07, 6.45) is 11.3. The molecule has 0 aliphatic carbocycles. The maximum absolute atomic E-state index is 12.3. The van der Waals surface area contributed by atoms with Gasteiger partial charge in [0.25, 0.3) is 0 Å². The molecule has 0 aromatic rings. The Labute approximate surface area is 140 Å². The van der Waals surface area contributed by atoms with E-state index in [4.69, 9.17) is 0 Å². The van der Waals surface area contributed by atoms with E-state index in [1.165, 1.54) is 38.5 Å². The summed E-state index contributed by atoms with van der Waals surface area (Å²) in [6.45, 7) is 13.7. The highest BCUT2D eigenvalue weighted by molar-refractivity contribution is 5.78. The van der Waals surface area contributed by atoms with E-state index in [1.807, 2.05) is 0 Å². The van der Waals surface area contributed by atoms with Crippen LogP contribution in [0.4, 0.5) is 0 Å². The molecule has 2 atom stereocenters. The molecule has 0 aliphatic rings. The molecule has 0 aromatic heterocycles. The van der Waals surface area contributed by atoms with Crippen LogP contribution in [0.25, 0.3) is 0 Å². The van der Waals surface area contributed by atoms with Crippen molar-refractivity contribution in [1.82, 2.24) is 0 Å². The Bertz CT molecular complexity index is 237. The molecule has 0 bridgehead atoms. The molecule has 0 heterocycles. The smallest absolute Gasteiger partial charge is 0.132 e. The lowest BCUT2D eigenvalue weighted by atomic mass is 9.80. The average molecular weight is 311 g/mol. The minimum Gasteiger partial charge on any atom is -0.300 e. The highest BCUT2D eigenvalue weighted by atomic mass is 16.1. The summed E-state index contributed by atoms with van der Waals surface area (Å²) in [5.41, 5.74) is 0. The fourth-order valence-electron chi connectivity index (χ4n) is 4.27. The standard InChI is InChI=1S/C21H42O/c1-7-17(8-2)19(11-5)13-15-21(22)16-14-20(12-6)18(9-3)10-4/h17-20H,7-16H2,1-6H3. The van der Waals surface area contributed by atoms with Gasteiger partial charge in [0, 0.05) is 12.8 Å². The number of Topliss-reactive ketones (excluding diaryl/α,β-unsaturated/α-hetero) is 1. The SMILES string of the molecule is CCC(CC)C(CC)CCC(=O)CCC(CC)C(CC)CC. The molecule has 1 heteroatoms. The molecule has 0 amide bonds. The molecule has 22 heavy (non-hydrogen) atoms. The van der Waals surface area contributed by atoms with Gasteiger partial charge in [-0.05, 0) is 36.5 Å². The van der Waals surface area contributed by atoms with Gasteiger partial charge in [-0.3, -0.25) is 4.79 Å².